The van der Waals surface area contributed by atoms with Gasteiger partial charge in [0.05, 0.1) is 35.7 Å². The molecule has 3 unspecified atom stereocenters. The van der Waals surface area contributed by atoms with E-state index in [0.717, 1.165) is 0 Å². The monoisotopic (exact) mass is 492 g/mol. The van der Waals surface area contributed by atoms with Crippen LogP contribution in [-0.4, -0.2) is 58.3 Å². The molecule has 0 saturated heterocycles. The molecule has 2 aliphatic heterocycles. The highest BCUT2D eigenvalue weighted by Gasteiger charge is 2.32. The number of rotatable bonds is 4. The Morgan fingerprint density at radius 2 is 1.92 bits per heavy atom. The lowest BCUT2D eigenvalue weighted by Gasteiger charge is -2.32. The first-order valence-electron chi connectivity index (χ1n) is 11.7. The second-order valence-electron chi connectivity index (χ2n) is 10.0. The predicted octanol–water partition coefficient (Wildman–Crippen LogP) is 3.47. The number of nitrogens with zero attached hydrogens (tertiary/aromatic N) is 5. The average Bonchev–Trinajstić information content (AvgIpc) is 2.81. The average molecular weight is 493 g/mol. The van der Waals surface area contributed by atoms with Crippen LogP contribution in [0, 0.1) is 11.2 Å². The first kappa shape index (κ1) is 25.1. The summed E-state index contributed by atoms with van der Waals surface area (Å²) in [4.78, 5) is 42.4. The minimum absolute atomic E-state index is 0.0385. The number of anilines is 2. The molecule has 11 heteroatoms. The Labute approximate surface area is 208 Å². The molecule has 0 radical (unpaired) electrons. The van der Waals surface area contributed by atoms with Gasteiger partial charge in [0.2, 0.25) is 0 Å². The lowest BCUT2D eigenvalue weighted by molar-refractivity contribution is -0.110. The van der Waals surface area contributed by atoms with Gasteiger partial charge in [-0.15, -0.1) is 0 Å². The maximum absolute atomic E-state index is 14.6. The summed E-state index contributed by atoms with van der Waals surface area (Å²) >= 11 is 0. The minimum atomic E-state index is -0.617. The van der Waals surface area contributed by atoms with Crippen molar-refractivity contribution < 1.29 is 9.18 Å². The zero-order chi connectivity index (χ0) is 26.0. The van der Waals surface area contributed by atoms with E-state index < -0.39 is 17.3 Å². The van der Waals surface area contributed by atoms with Gasteiger partial charge in [0.25, 0.3) is 11.5 Å². The first-order chi connectivity index (χ1) is 17.0. The van der Waals surface area contributed by atoms with E-state index >= 15 is 0 Å². The van der Waals surface area contributed by atoms with Crippen molar-refractivity contribution in [3.05, 3.63) is 40.4 Å². The van der Waals surface area contributed by atoms with Crippen LogP contribution in [0.15, 0.2) is 49.0 Å². The summed E-state index contributed by atoms with van der Waals surface area (Å²) in [6, 6.07) is 5.54. The highest BCUT2D eigenvalue weighted by Crippen LogP contribution is 2.28. The number of amidine groups is 1. The van der Waals surface area contributed by atoms with Gasteiger partial charge in [0, 0.05) is 12.0 Å². The second-order valence-corrected chi connectivity index (χ2v) is 10.0. The molecule has 0 aliphatic carbocycles. The number of H-pyrrole nitrogens is 1. The molecule has 4 rings (SSSR count). The van der Waals surface area contributed by atoms with E-state index in [1.807, 2.05) is 13.8 Å². The van der Waals surface area contributed by atoms with Crippen LogP contribution < -0.4 is 16.2 Å². The van der Waals surface area contributed by atoms with E-state index in [2.05, 4.69) is 61.6 Å². The molecular formula is C25H29FN8O2. The van der Waals surface area contributed by atoms with Gasteiger partial charge in [0.1, 0.15) is 29.4 Å². The number of aromatic amines is 1. The molecule has 0 bridgehead atoms. The molecule has 2 aliphatic rings. The summed E-state index contributed by atoms with van der Waals surface area (Å²) < 4.78 is 14.6. The van der Waals surface area contributed by atoms with Crippen molar-refractivity contribution in [1.82, 2.24) is 10.2 Å². The van der Waals surface area contributed by atoms with E-state index in [-0.39, 0.29) is 40.6 Å². The van der Waals surface area contributed by atoms with Gasteiger partial charge in [-0.05, 0) is 43.5 Å². The van der Waals surface area contributed by atoms with Crippen LogP contribution in [0.1, 0.15) is 41.0 Å². The predicted molar refractivity (Wildman–Crippen MR) is 141 cm³/mol. The Balaban J connectivity index is 1.55. The van der Waals surface area contributed by atoms with Crippen molar-refractivity contribution in [2.45, 2.75) is 59.2 Å². The number of aromatic nitrogens is 2. The zero-order valence-electron chi connectivity index (χ0n) is 20.8. The summed E-state index contributed by atoms with van der Waals surface area (Å²) in [6.07, 6.45) is 3.45. The van der Waals surface area contributed by atoms with Gasteiger partial charge in [-0.1, -0.05) is 20.8 Å². The van der Waals surface area contributed by atoms with Crippen molar-refractivity contribution in [2.24, 2.45) is 25.4 Å². The summed E-state index contributed by atoms with van der Waals surface area (Å²) in [5.41, 5.74) is 0.678. The van der Waals surface area contributed by atoms with Crippen LogP contribution in [0.4, 0.5) is 15.8 Å². The minimum Gasteiger partial charge on any atom is -0.339 e. The molecule has 36 heavy (non-hydrogen) atoms. The van der Waals surface area contributed by atoms with Crippen LogP contribution in [-0.2, 0) is 4.79 Å². The Hall–Kier alpha value is -4.02. The molecule has 1 aromatic carbocycles. The maximum Gasteiger partial charge on any atom is 0.287 e. The van der Waals surface area contributed by atoms with E-state index in [9.17, 15) is 14.0 Å². The van der Waals surface area contributed by atoms with Crippen molar-refractivity contribution >= 4 is 41.4 Å². The standard InChI is InChI=1S/C25H29FN8O2/c1-13-8-21(29-12-28-13)31-19-10-17(33-34-24(19)36)15-6-7-16(26)18(9-15)32-23(35)20-11-27-22(14(2)30-20)25(3,4)5/h6-7,9-14,22H,8H2,1-5H3,(H,32,35)(H,34,36)(H,28,29,31,33). The molecule has 3 atom stereocenters. The lowest BCUT2D eigenvalue weighted by Crippen LogP contribution is -2.39. The van der Waals surface area contributed by atoms with Crippen LogP contribution in [0.5, 0.6) is 0 Å². The fourth-order valence-corrected chi connectivity index (χ4v) is 4.12. The Morgan fingerprint density at radius 3 is 2.61 bits per heavy atom. The third-order valence-corrected chi connectivity index (χ3v) is 5.89. The number of nitrogens with one attached hydrogen (secondary N) is 3. The molecule has 3 heterocycles. The van der Waals surface area contributed by atoms with Gasteiger partial charge in [0.15, 0.2) is 0 Å². The number of aliphatic imine (C=N–C) groups is 4. The highest BCUT2D eigenvalue weighted by atomic mass is 19.1. The Morgan fingerprint density at radius 1 is 1.14 bits per heavy atom. The third-order valence-electron chi connectivity index (χ3n) is 5.89. The van der Waals surface area contributed by atoms with Gasteiger partial charge in [-0.25, -0.2) is 14.5 Å². The molecule has 3 N–H and O–H groups in total. The smallest absolute Gasteiger partial charge is 0.287 e. The molecule has 1 aromatic heterocycles. The Bertz CT molecular complexity index is 1350. The molecule has 188 valence electrons. The number of amides is 1. The number of hydrogen-bond donors (Lipinski definition) is 3. The topological polar surface area (TPSA) is 136 Å². The molecule has 2 aromatic rings. The number of hydrogen-bond acceptors (Lipinski definition) is 8. The van der Waals surface area contributed by atoms with E-state index in [4.69, 9.17) is 0 Å². The number of benzene rings is 1. The van der Waals surface area contributed by atoms with E-state index in [1.54, 1.807) is 6.07 Å². The fraction of sp³-hybridized carbons (Fsp3) is 0.400. The molecule has 0 fully saturated rings. The van der Waals surface area contributed by atoms with Gasteiger partial charge < -0.3 is 10.6 Å². The van der Waals surface area contributed by atoms with Crippen molar-refractivity contribution in [1.29, 1.82) is 0 Å². The summed E-state index contributed by atoms with van der Waals surface area (Å²) in [5.74, 6) is -0.574. The van der Waals surface area contributed by atoms with Gasteiger partial charge in [-0.3, -0.25) is 24.6 Å². The normalized spacial score (nSPS) is 21.6. The van der Waals surface area contributed by atoms with Gasteiger partial charge >= 0.3 is 0 Å². The largest absolute Gasteiger partial charge is 0.339 e. The number of halogens is 1. The molecular weight excluding hydrogens is 463 g/mol. The van der Waals surface area contributed by atoms with Crippen LogP contribution >= 0.6 is 0 Å². The summed E-state index contributed by atoms with van der Waals surface area (Å²) in [5, 5.41) is 12.1. The number of carbonyl (C=O) groups is 1. The van der Waals surface area contributed by atoms with Crippen LogP contribution in [0.2, 0.25) is 0 Å². The maximum atomic E-state index is 14.6. The van der Waals surface area contributed by atoms with E-state index in [0.29, 0.717) is 23.5 Å². The zero-order valence-corrected chi connectivity index (χ0v) is 20.8. The molecule has 0 spiro atoms. The molecule has 10 nitrogen and oxygen atoms in total. The molecule has 1 amide bonds. The van der Waals surface area contributed by atoms with Crippen LogP contribution in [0.3, 0.4) is 0 Å². The summed E-state index contributed by atoms with van der Waals surface area (Å²) in [6.45, 7) is 10.0. The molecule has 0 saturated carbocycles. The highest BCUT2D eigenvalue weighted by molar-refractivity contribution is 6.63. The Kier molecular flexibility index (Phi) is 6.91. The van der Waals surface area contributed by atoms with Crippen LogP contribution in [0.25, 0.3) is 11.3 Å². The van der Waals surface area contributed by atoms with Gasteiger partial charge in [-0.2, -0.15) is 5.10 Å². The van der Waals surface area contributed by atoms with Crippen molar-refractivity contribution in [3.63, 3.8) is 0 Å². The van der Waals surface area contributed by atoms with E-state index in [1.165, 1.54) is 30.8 Å². The number of carbonyl (C=O) groups excluding carboxylic acids is 1. The first-order valence-corrected chi connectivity index (χ1v) is 11.7. The summed E-state index contributed by atoms with van der Waals surface area (Å²) in [7, 11) is 0. The fourth-order valence-electron chi connectivity index (χ4n) is 4.12. The van der Waals surface area contributed by atoms with Crippen molar-refractivity contribution in [3.8, 4) is 11.3 Å². The third kappa shape index (κ3) is 5.61. The second kappa shape index (κ2) is 9.92. The quantitative estimate of drug-likeness (QED) is 0.602. The van der Waals surface area contributed by atoms with Crippen molar-refractivity contribution in [2.75, 3.05) is 10.6 Å². The lowest BCUT2D eigenvalue weighted by atomic mass is 9.83. The SMILES string of the molecule is CC1CC(Nc2cc(-c3ccc(F)c(NC(=O)C4=NC(C)C(C(C)(C)C)N=C4)c3)n[nH]c2=O)=NC=N1.